The Morgan fingerprint density at radius 3 is 1.81 bits per heavy atom. The number of hydrogen-bond acceptors (Lipinski definition) is 6. The van der Waals surface area contributed by atoms with Crippen molar-refractivity contribution in [3.05, 3.63) is 78.4 Å². The molecule has 3 aromatic rings. The van der Waals surface area contributed by atoms with Gasteiger partial charge >= 0.3 is 7.12 Å². The molecule has 0 aliphatic carbocycles. The van der Waals surface area contributed by atoms with Gasteiger partial charge in [-0.15, -0.1) is 0 Å². The molecule has 0 spiro atoms. The van der Waals surface area contributed by atoms with Gasteiger partial charge in [0.2, 0.25) is 0 Å². The largest absolute Gasteiger partial charge is 0.508 e. The molecule has 0 saturated carbocycles. The Balaban J connectivity index is 1.63. The van der Waals surface area contributed by atoms with E-state index in [1.54, 1.807) is 36.4 Å². The zero-order valence-corrected chi connectivity index (χ0v) is 14.1. The summed E-state index contributed by atoms with van der Waals surface area (Å²) in [7, 11) is -1.56. The van der Waals surface area contributed by atoms with Crippen LogP contribution in [-0.2, 0) is 0 Å². The standard InChI is InChI=1S/C19H16BN3O4/c24-18-11-9-17(10-12-18)23-22-16-7-5-15(6-8-16)21-19(25)13-1-3-14(4-2-13)20(26)27/h1-12,24,26-27H,(H,21,25). The van der Waals surface area contributed by atoms with Gasteiger partial charge in [0.25, 0.3) is 5.91 Å². The van der Waals surface area contributed by atoms with Crippen LogP contribution in [-0.4, -0.2) is 28.2 Å². The quantitative estimate of drug-likeness (QED) is 0.413. The second kappa shape index (κ2) is 8.26. The molecule has 0 saturated heterocycles. The lowest BCUT2D eigenvalue weighted by Gasteiger charge is -2.06. The third kappa shape index (κ3) is 5.00. The number of nitrogens with one attached hydrogen (secondary N) is 1. The van der Waals surface area contributed by atoms with Crippen molar-refractivity contribution in [3.63, 3.8) is 0 Å². The van der Waals surface area contributed by atoms with Crippen molar-refractivity contribution in [2.45, 2.75) is 0 Å². The van der Waals surface area contributed by atoms with E-state index in [2.05, 4.69) is 15.5 Å². The maximum absolute atomic E-state index is 12.2. The Labute approximate surface area is 155 Å². The fourth-order valence-corrected chi connectivity index (χ4v) is 2.26. The summed E-state index contributed by atoms with van der Waals surface area (Å²) in [4.78, 5) is 12.2. The molecule has 3 aromatic carbocycles. The zero-order chi connectivity index (χ0) is 19.2. The van der Waals surface area contributed by atoms with Gasteiger partial charge in [-0.25, -0.2) is 0 Å². The van der Waals surface area contributed by atoms with Gasteiger partial charge in [-0.3, -0.25) is 4.79 Å². The first-order chi connectivity index (χ1) is 13.0. The third-order valence-corrected chi connectivity index (χ3v) is 3.73. The van der Waals surface area contributed by atoms with E-state index < -0.39 is 7.12 Å². The highest BCUT2D eigenvalue weighted by Gasteiger charge is 2.12. The van der Waals surface area contributed by atoms with Crippen LogP contribution in [0.25, 0.3) is 0 Å². The first kappa shape index (κ1) is 18.3. The highest BCUT2D eigenvalue weighted by molar-refractivity contribution is 6.58. The number of benzene rings is 3. The number of aromatic hydroxyl groups is 1. The highest BCUT2D eigenvalue weighted by atomic mass is 16.4. The Hall–Kier alpha value is -3.49. The summed E-state index contributed by atoms with van der Waals surface area (Å²) in [6.45, 7) is 0. The maximum atomic E-state index is 12.2. The molecule has 0 bridgehead atoms. The van der Waals surface area contributed by atoms with Gasteiger partial charge in [0.15, 0.2) is 0 Å². The Kier molecular flexibility index (Phi) is 5.60. The minimum Gasteiger partial charge on any atom is -0.508 e. The van der Waals surface area contributed by atoms with Crippen LogP contribution >= 0.6 is 0 Å². The van der Waals surface area contributed by atoms with E-state index in [-0.39, 0.29) is 11.7 Å². The molecule has 8 heteroatoms. The second-order valence-electron chi connectivity index (χ2n) is 5.71. The molecule has 0 atom stereocenters. The van der Waals surface area contributed by atoms with Crippen LogP contribution in [0.1, 0.15) is 10.4 Å². The molecule has 0 unspecified atom stereocenters. The van der Waals surface area contributed by atoms with Gasteiger partial charge in [0.05, 0.1) is 11.4 Å². The number of phenolic OH excluding ortho intramolecular Hbond substituents is 1. The van der Waals surface area contributed by atoms with Gasteiger partial charge in [-0.2, -0.15) is 10.2 Å². The van der Waals surface area contributed by atoms with Crippen LogP contribution in [0.15, 0.2) is 83.0 Å². The first-order valence-electron chi connectivity index (χ1n) is 8.09. The van der Waals surface area contributed by atoms with Crippen molar-refractivity contribution in [2.24, 2.45) is 10.2 Å². The number of amides is 1. The predicted molar refractivity (Wildman–Crippen MR) is 103 cm³/mol. The smallest absolute Gasteiger partial charge is 0.488 e. The van der Waals surface area contributed by atoms with Gasteiger partial charge in [-0.05, 0) is 66.1 Å². The van der Waals surface area contributed by atoms with Gasteiger partial charge in [-0.1, -0.05) is 12.1 Å². The molecule has 134 valence electrons. The normalized spacial score (nSPS) is 10.7. The van der Waals surface area contributed by atoms with Crippen molar-refractivity contribution < 1.29 is 19.9 Å². The monoisotopic (exact) mass is 361 g/mol. The summed E-state index contributed by atoms with van der Waals surface area (Å²) in [5, 5.41) is 38.3. The van der Waals surface area contributed by atoms with Crippen molar-refractivity contribution in [3.8, 4) is 5.75 Å². The molecule has 0 aromatic heterocycles. The lowest BCUT2D eigenvalue weighted by atomic mass is 9.80. The number of anilines is 1. The summed E-state index contributed by atoms with van der Waals surface area (Å²) < 4.78 is 0. The minimum absolute atomic E-state index is 0.163. The molecule has 0 radical (unpaired) electrons. The van der Waals surface area contributed by atoms with E-state index in [1.807, 2.05) is 0 Å². The van der Waals surface area contributed by atoms with Crippen LogP contribution in [0.4, 0.5) is 17.1 Å². The molecule has 3 rings (SSSR count). The molecule has 0 fully saturated rings. The fraction of sp³-hybridized carbons (Fsp3) is 0. The predicted octanol–water partition coefficient (Wildman–Crippen LogP) is 2.74. The topological polar surface area (TPSA) is 115 Å². The molecule has 0 aliphatic heterocycles. The van der Waals surface area contributed by atoms with Crippen molar-refractivity contribution >= 4 is 35.6 Å². The molecular weight excluding hydrogens is 345 g/mol. The molecule has 1 amide bonds. The first-order valence-corrected chi connectivity index (χ1v) is 8.09. The molecular formula is C19H16BN3O4. The van der Waals surface area contributed by atoms with Crippen LogP contribution in [0, 0.1) is 0 Å². The SMILES string of the molecule is O=C(Nc1ccc(N=Nc2ccc(O)cc2)cc1)c1ccc(B(O)O)cc1. The second-order valence-corrected chi connectivity index (χ2v) is 5.71. The average molecular weight is 361 g/mol. The number of nitrogens with zero attached hydrogens (tertiary/aromatic N) is 2. The van der Waals surface area contributed by atoms with E-state index in [9.17, 15) is 9.90 Å². The van der Waals surface area contributed by atoms with Crippen LogP contribution in [0.3, 0.4) is 0 Å². The van der Waals surface area contributed by atoms with E-state index in [0.717, 1.165) is 0 Å². The highest BCUT2D eigenvalue weighted by Crippen LogP contribution is 2.22. The number of carbonyl (C=O) groups is 1. The fourth-order valence-electron chi connectivity index (χ4n) is 2.26. The van der Waals surface area contributed by atoms with Crippen molar-refractivity contribution in [1.82, 2.24) is 0 Å². The summed E-state index contributed by atoms with van der Waals surface area (Å²) >= 11 is 0. The average Bonchev–Trinajstić information content (AvgIpc) is 2.68. The molecule has 0 aliphatic rings. The van der Waals surface area contributed by atoms with Crippen molar-refractivity contribution in [2.75, 3.05) is 5.32 Å². The van der Waals surface area contributed by atoms with Crippen LogP contribution in [0.2, 0.25) is 0 Å². The number of phenols is 1. The van der Waals surface area contributed by atoms with Gasteiger partial charge in [0, 0.05) is 11.3 Å². The Morgan fingerprint density at radius 2 is 1.30 bits per heavy atom. The lowest BCUT2D eigenvalue weighted by molar-refractivity contribution is 0.102. The van der Waals surface area contributed by atoms with Crippen molar-refractivity contribution in [1.29, 1.82) is 0 Å². The molecule has 4 N–H and O–H groups in total. The zero-order valence-electron chi connectivity index (χ0n) is 14.1. The molecule has 0 heterocycles. The van der Waals surface area contributed by atoms with E-state index in [1.165, 1.54) is 36.4 Å². The Morgan fingerprint density at radius 1 is 0.778 bits per heavy atom. The number of carbonyl (C=O) groups excluding carboxylic acids is 1. The summed E-state index contributed by atoms with van der Waals surface area (Å²) in [5.41, 5.74) is 2.53. The van der Waals surface area contributed by atoms with E-state index in [0.29, 0.717) is 28.1 Å². The summed E-state index contributed by atoms with van der Waals surface area (Å²) in [6, 6.07) is 19.2. The minimum atomic E-state index is -1.56. The summed E-state index contributed by atoms with van der Waals surface area (Å²) in [5.74, 6) is -0.149. The molecule has 7 nitrogen and oxygen atoms in total. The maximum Gasteiger partial charge on any atom is 0.488 e. The van der Waals surface area contributed by atoms with E-state index >= 15 is 0 Å². The van der Waals surface area contributed by atoms with Crippen LogP contribution in [0.5, 0.6) is 5.75 Å². The van der Waals surface area contributed by atoms with Crippen LogP contribution < -0.4 is 10.8 Å². The van der Waals surface area contributed by atoms with Gasteiger partial charge in [0.1, 0.15) is 5.75 Å². The molecule has 27 heavy (non-hydrogen) atoms. The number of rotatable bonds is 5. The third-order valence-electron chi connectivity index (χ3n) is 3.73. The Bertz CT molecular complexity index is 940. The number of azo groups is 1. The van der Waals surface area contributed by atoms with Gasteiger partial charge < -0.3 is 20.5 Å². The number of hydrogen-bond donors (Lipinski definition) is 4. The summed E-state index contributed by atoms with van der Waals surface area (Å²) in [6.07, 6.45) is 0. The lowest BCUT2D eigenvalue weighted by Crippen LogP contribution is -2.29. The van der Waals surface area contributed by atoms with E-state index in [4.69, 9.17) is 10.0 Å².